The van der Waals surface area contributed by atoms with Crippen LogP contribution in [-0.2, 0) is 9.84 Å². The number of benzene rings is 2. The smallest absolute Gasteiger partial charge is 0.254 e. The number of hydrogen-bond donors (Lipinski definition) is 1. The highest BCUT2D eigenvalue weighted by molar-refractivity contribution is 8.15. The quantitative estimate of drug-likeness (QED) is 0.659. The summed E-state index contributed by atoms with van der Waals surface area (Å²) in [5.41, 5.74) is 2.19. The minimum atomic E-state index is -3.01. The van der Waals surface area contributed by atoms with E-state index in [9.17, 15) is 13.2 Å². The largest absolute Gasteiger partial charge is 0.368 e. The monoisotopic (exact) mass is 524 g/mol. The molecule has 2 saturated heterocycles. The van der Waals surface area contributed by atoms with Gasteiger partial charge in [0.1, 0.15) is 0 Å². The van der Waals surface area contributed by atoms with E-state index in [0.29, 0.717) is 39.6 Å². The minimum Gasteiger partial charge on any atom is -0.368 e. The number of carbonyl (C=O) groups excluding carboxylic acids is 1. The van der Waals surface area contributed by atoms with Gasteiger partial charge in [-0.25, -0.2) is 8.42 Å². The maximum absolute atomic E-state index is 13.1. The molecule has 174 valence electrons. The summed E-state index contributed by atoms with van der Waals surface area (Å²) in [5.74, 6) is 0.178. The molecule has 1 amide bonds. The van der Waals surface area contributed by atoms with E-state index in [-0.39, 0.29) is 28.7 Å². The third-order valence-electron chi connectivity index (χ3n) is 6.01. The number of aliphatic imine (C=N–C) groups is 1. The first-order chi connectivity index (χ1) is 15.8. The van der Waals surface area contributed by atoms with E-state index < -0.39 is 9.84 Å². The predicted octanol–water partition coefficient (Wildman–Crippen LogP) is 3.64. The lowest BCUT2D eigenvalue weighted by molar-refractivity contribution is 0.0747. The number of anilines is 2. The number of fused-ring (bicyclic) bond motifs is 1. The molecular weight excluding hydrogens is 503 g/mol. The molecule has 0 spiro atoms. The number of piperazine rings is 1. The molecule has 2 aromatic rings. The van der Waals surface area contributed by atoms with Gasteiger partial charge in [0.2, 0.25) is 0 Å². The summed E-state index contributed by atoms with van der Waals surface area (Å²) in [4.78, 5) is 21.7. The van der Waals surface area contributed by atoms with Crippen LogP contribution in [0.4, 0.5) is 11.4 Å². The van der Waals surface area contributed by atoms with Gasteiger partial charge in [-0.05, 0) is 36.4 Å². The van der Waals surface area contributed by atoms with Gasteiger partial charge in [-0.1, -0.05) is 41.0 Å². The number of halogens is 2. The highest BCUT2D eigenvalue weighted by Gasteiger charge is 2.42. The zero-order chi connectivity index (χ0) is 23.2. The van der Waals surface area contributed by atoms with Crippen LogP contribution in [0.15, 0.2) is 47.5 Å². The molecule has 3 aliphatic heterocycles. The number of nitrogens with zero attached hydrogens (tertiary/aromatic N) is 3. The van der Waals surface area contributed by atoms with Gasteiger partial charge in [0.05, 0.1) is 28.3 Å². The van der Waals surface area contributed by atoms with Crippen molar-refractivity contribution in [2.75, 3.05) is 47.9 Å². The van der Waals surface area contributed by atoms with Gasteiger partial charge < -0.3 is 15.1 Å². The molecule has 2 aromatic carbocycles. The SMILES string of the molecule is O=C(c1ccc(Cl)c(NC2=N[C@H]3CS(=O)(=O)C[C@@H]3S2)c1)N1CCN(c2cccc(Cl)c2)CC1. The van der Waals surface area contributed by atoms with Crippen LogP contribution in [0.2, 0.25) is 10.0 Å². The zero-order valence-electron chi connectivity index (χ0n) is 17.6. The molecule has 33 heavy (non-hydrogen) atoms. The second-order valence-electron chi connectivity index (χ2n) is 8.31. The summed E-state index contributed by atoms with van der Waals surface area (Å²) in [7, 11) is -3.01. The fraction of sp³-hybridized carbons (Fsp3) is 0.364. The second kappa shape index (κ2) is 9.02. The minimum absolute atomic E-state index is 0.0514. The molecule has 2 fully saturated rings. The van der Waals surface area contributed by atoms with Crippen molar-refractivity contribution in [2.24, 2.45) is 4.99 Å². The van der Waals surface area contributed by atoms with Crippen molar-refractivity contribution < 1.29 is 13.2 Å². The van der Waals surface area contributed by atoms with Crippen molar-refractivity contribution >= 4 is 67.3 Å². The lowest BCUT2D eigenvalue weighted by atomic mass is 10.1. The Balaban J connectivity index is 1.24. The van der Waals surface area contributed by atoms with Crippen molar-refractivity contribution in [1.29, 1.82) is 0 Å². The molecule has 0 radical (unpaired) electrons. The predicted molar refractivity (Wildman–Crippen MR) is 136 cm³/mol. The Hall–Kier alpha value is -1.94. The highest BCUT2D eigenvalue weighted by Crippen LogP contribution is 2.35. The van der Waals surface area contributed by atoms with Gasteiger partial charge in [0.25, 0.3) is 5.91 Å². The first-order valence-electron chi connectivity index (χ1n) is 10.6. The van der Waals surface area contributed by atoms with Crippen LogP contribution in [-0.4, -0.2) is 73.4 Å². The van der Waals surface area contributed by atoms with Crippen LogP contribution in [0.3, 0.4) is 0 Å². The van der Waals surface area contributed by atoms with Crippen LogP contribution in [0.5, 0.6) is 0 Å². The van der Waals surface area contributed by atoms with E-state index in [4.69, 9.17) is 23.2 Å². The third kappa shape index (κ3) is 4.96. The first-order valence-corrected chi connectivity index (χ1v) is 14.0. The number of carbonyl (C=O) groups is 1. The summed E-state index contributed by atoms with van der Waals surface area (Å²) in [5, 5.41) is 4.95. The lowest BCUT2D eigenvalue weighted by Gasteiger charge is -2.36. The van der Waals surface area contributed by atoms with E-state index in [2.05, 4.69) is 15.2 Å². The zero-order valence-corrected chi connectivity index (χ0v) is 20.7. The average molecular weight is 525 g/mol. The molecule has 3 heterocycles. The fourth-order valence-corrected chi connectivity index (χ4v) is 8.33. The molecule has 5 rings (SSSR count). The number of rotatable bonds is 3. The molecule has 0 unspecified atom stereocenters. The van der Waals surface area contributed by atoms with Crippen LogP contribution < -0.4 is 10.2 Å². The molecule has 0 saturated carbocycles. The van der Waals surface area contributed by atoms with E-state index in [1.165, 1.54) is 11.8 Å². The molecule has 3 aliphatic rings. The summed E-state index contributed by atoms with van der Waals surface area (Å²) < 4.78 is 23.5. The molecular formula is C22H22Cl2N4O3S2. The Morgan fingerprint density at radius 1 is 1.06 bits per heavy atom. The van der Waals surface area contributed by atoms with Gasteiger partial charge in [-0.3, -0.25) is 9.79 Å². The van der Waals surface area contributed by atoms with E-state index in [1.807, 2.05) is 29.2 Å². The Bertz CT molecular complexity index is 1230. The number of amidine groups is 1. The van der Waals surface area contributed by atoms with Crippen molar-refractivity contribution in [2.45, 2.75) is 11.3 Å². The topological polar surface area (TPSA) is 82.1 Å². The first kappa shape index (κ1) is 22.8. The molecule has 0 bridgehead atoms. The summed E-state index contributed by atoms with van der Waals surface area (Å²) in [6, 6.07) is 12.7. The van der Waals surface area contributed by atoms with Crippen LogP contribution >= 0.6 is 35.0 Å². The maximum atomic E-state index is 13.1. The second-order valence-corrected chi connectivity index (χ2v) is 12.5. The molecule has 1 N–H and O–H groups in total. The Morgan fingerprint density at radius 2 is 1.85 bits per heavy atom. The number of hydrogen-bond acceptors (Lipinski definition) is 7. The van der Waals surface area contributed by atoms with Gasteiger partial charge >= 0.3 is 0 Å². The number of nitrogens with one attached hydrogen (secondary N) is 1. The van der Waals surface area contributed by atoms with Crippen LogP contribution in [0.25, 0.3) is 0 Å². The van der Waals surface area contributed by atoms with Gasteiger partial charge in [0.15, 0.2) is 15.0 Å². The molecule has 0 aliphatic carbocycles. The Labute approximate surface area is 207 Å². The molecule has 2 atom stereocenters. The van der Waals surface area contributed by atoms with Crippen molar-refractivity contribution in [3.63, 3.8) is 0 Å². The van der Waals surface area contributed by atoms with Gasteiger partial charge in [0, 0.05) is 47.7 Å². The van der Waals surface area contributed by atoms with Crippen molar-refractivity contribution in [1.82, 2.24) is 4.90 Å². The molecule has 7 nitrogen and oxygen atoms in total. The normalized spacial score (nSPS) is 23.9. The Kier molecular flexibility index (Phi) is 6.24. The maximum Gasteiger partial charge on any atom is 0.254 e. The lowest BCUT2D eigenvalue weighted by Crippen LogP contribution is -2.48. The third-order valence-corrected chi connectivity index (χ3v) is 9.72. The standard InChI is InChI=1S/C22H22Cl2N4O3S2/c23-15-2-1-3-16(11-15)27-6-8-28(9-7-27)21(29)14-4-5-17(24)18(10-14)25-22-26-19-12-33(30,31)13-20(19)32-22/h1-5,10-11,19-20H,6-9,12-13H2,(H,25,26)/t19-,20-/m0/s1. The van der Waals surface area contributed by atoms with Crippen molar-refractivity contribution in [3.8, 4) is 0 Å². The number of thioether (sulfide) groups is 1. The van der Waals surface area contributed by atoms with Gasteiger partial charge in [-0.15, -0.1) is 0 Å². The fourth-order valence-electron chi connectivity index (χ4n) is 4.31. The summed E-state index contributed by atoms with van der Waals surface area (Å²) >= 11 is 13.9. The Morgan fingerprint density at radius 3 is 2.58 bits per heavy atom. The summed E-state index contributed by atoms with van der Waals surface area (Å²) in [6.07, 6.45) is 0. The number of sulfone groups is 1. The molecule has 0 aromatic heterocycles. The van der Waals surface area contributed by atoms with E-state index in [1.54, 1.807) is 18.2 Å². The highest BCUT2D eigenvalue weighted by atomic mass is 35.5. The van der Waals surface area contributed by atoms with E-state index >= 15 is 0 Å². The van der Waals surface area contributed by atoms with E-state index in [0.717, 1.165) is 18.8 Å². The van der Waals surface area contributed by atoms with Crippen molar-refractivity contribution in [3.05, 3.63) is 58.1 Å². The molecule has 11 heteroatoms. The number of amides is 1. The summed E-state index contributed by atoms with van der Waals surface area (Å²) in [6.45, 7) is 2.67. The van der Waals surface area contributed by atoms with Crippen LogP contribution in [0.1, 0.15) is 10.4 Å². The van der Waals surface area contributed by atoms with Gasteiger partial charge in [-0.2, -0.15) is 0 Å². The van der Waals surface area contributed by atoms with Crippen LogP contribution in [0, 0.1) is 0 Å². The average Bonchev–Trinajstić information content (AvgIpc) is 3.27.